The van der Waals surface area contributed by atoms with Crippen molar-refractivity contribution < 1.29 is 23.8 Å². The zero-order valence-electron chi connectivity index (χ0n) is 20.9. The largest absolute Gasteiger partial charge is 0.494 e. The molecule has 2 amide bonds. The fraction of sp³-hybridized carbons (Fsp3) is 0.133. The molecule has 0 spiro atoms. The van der Waals surface area contributed by atoms with Crippen LogP contribution in [-0.4, -0.2) is 32.6 Å². The van der Waals surface area contributed by atoms with Crippen molar-refractivity contribution in [2.75, 3.05) is 31.5 Å². The van der Waals surface area contributed by atoms with E-state index in [0.717, 1.165) is 11.1 Å². The van der Waals surface area contributed by atoms with Crippen LogP contribution in [0.3, 0.4) is 0 Å². The van der Waals surface area contributed by atoms with Crippen LogP contribution in [0, 0.1) is 6.92 Å². The van der Waals surface area contributed by atoms with Crippen molar-refractivity contribution in [1.82, 2.24) is 0 Å². The first-order valence-electron chi connectivity index (χ1n) is 11.7. The average Bonchev–Trinajstić information content (AvgIpc) is 2.93. The SMILES string of the molecule is COc1cc(NC(=O)c2ccccc2)c(OC)cc1NC(=O)COc1ccc(-c2ccc(C)cc2)cc1. The summed E-state index contributed by atoms with van der Waals surface area (Å²) in [6.07, 6.45) is 0. The molecule has 4 rings (SSSR count). The fourth-order valence-electron chi connectivity index (χ4n) is 3.70. The van der Waals surface area contributed by atoms with Crippen LogP contribution in [-0.2, 0) is 4.79 Å². The summed E-state index contributed by atoms with van der Waals surface area (Å²) in [5, 5.41) is 5.60. The molecular formula is C30H28N2O5. The molecule has 0 saturated heterocycles. The average molecular weight is 497 g/mol. The first kappa shape index (κ1) is 25.3. The Labute approximate surface area is 216 Å². The minimum Gasteiger partial charge on any atom is -0.494 e. The lowest BCUT2D eigenvalue weighted by molar-refractivity contribution is -0.118. The van der Waals surface area contributed by atoms with Gasteiger partial charge in [-0.05, 0) is 42.3 Å². The molecule has 0 unspecified atom stereocenters. The van der Waals surface area contributed by atoms with Crippen molar-refractivity contribution >= 4 is 23.2 Å². The van der Waals surface area contributed by atoms with Gasteiger partial charge in [0.2, 0.25) is 0 Å². The molecule has 188 valence electrons. The molecule has 0 aliphatic carbocycles. The van der Waals surface area contributed by atoms with E-state index in [4.69, 9.17) is 14.2 Å². The summed E-state index contributed by atoms with van der Waals surface area (Å²) >= 11 is 0. The van der Waals surface area contributed by atoms with Crippen LogP contribution in [0.4, 0.5) is 11.4 Å². The number of rotatable bonds is 9. The summed E-state index contributed by atoms with van der Waals surface area (Å²) in [7, 11) is 2.96. The van der Waals surface area contributed by atoms with Crippen molar-refractivity contribution in [3.8, 4) is 28.4 Å². The van der Waals surface area contributed by atoms with Gasteiger partial charge in [0.1, 0.15) is 17.2 Å². The molecule has 0 aliphatic heterocycles. The normalized spacial score (nSPS) is 10.4. The highest BCUT2D eigenvalue weighted by Gasteiger charge is 2.16. The Morgan fingerprint density at radius 1 is 0.703 bits per heavy atom. The van der Waals surface area contributed by atoms with Gasteiger partial charge >= 0.3 is 0 Å². The summed E-state index contributed by atoms with van der Waals surface area (Å²) in [6, 6.07) is 27.8. The van der Waals surface area contributed by atoms with Crippen LogP contribution in [0.2, 0.25) is 0 Å². The zero-order valence-corrected chi connectivity index (χ0v) is 20.9. The van der Waals surface area contributed by atoms with Crippen LogP contribution < -0.4 is 24.8 Å². The molecule has 0 heterocycles. The Hall–Kier alpha value is -4.78. The summed E-state index contributed by atoms with van der Waals surface area (Å²) < 4.78 is 16.5. The molecule has 4 aromatic rings. The van der Waals surface area contributed by atoms with Gasteiger partial charge in [0.15, 0.2) is 6.61 Å². The summed E-state index contributed by atoms with van der Waals surface area (Å²) in [5.74, 6) is 0.644. The lowest BCUT2D eigenvalue weighted by atomic mass is 10.0. The van der Waals surface area contributed by atoms with Crippen molar-refractivity contribution in [3.63, 3.8) is 0 Å². The number of hydrogen-bond donors (Lipinski definition) is 2. The van der Waals surface area contributed by atoms with Crippen molar-refractivity contribution in [2.45, 2.75) is 6.92 Å². The van der Waals surface area contributed by atoms with E-state index in [1.54, 1.807) is 36.4 Å². The minimum absolute atomic E-state index is 0.193. The van der Waals surface area contributed by atoms with Gasteiger partial charge in [-0.1, -0.05) is 60.2 Å². The van der Waals surface area contributed by atoms with Crippen LogP contribution in [0.25, 0.3) is 11.1 Å². The van der Waals surface area contributed by atoms with Gasteiger partial charge in [-0.2, -0.15) is 0 Å². The first-order valence-corrected chi connectivity index (χ1v) is 11.7. The number of hydrogen-bond acceptors (Lipinski definition) is 5. The highest BCUT2D eigenvalue weighted by atomic mass is 16.5. The third-order valence-electron chi connectivity index (χ3n) is 5.69. The molecule has 2 N–H and O–H groups in total. The highest BCUT2D eigenvalue weighted by Crippen LogP contribution is 2.36. The van der Waals surface area contributed by atoms with Gasteiger partial charge < -0.3 is 24.8 Å². The summed E-state index contributed by atoms with van der Waals surface area (Å²) in [4.78, 5) is 25.2. The standard InChI is InChI=1S/C30H28N2O5/c1-20-9-11-21(12-10-20)22-13-15-24(16-14-22)37-19-29(33)31-25-17-28(36-3)26(18-27(25)35-2)32-30(34)23-7-5-4-6-8-23/h4-18H,19H2,1-3H3,(H,31,33)(H,32,34). The van der Waals surface area contributed by atoms with Crippen LogP contribution in [0.1, 0.15) is 15.9 Å². The molecule has 7 heteroatoms. The van der Waals surface area contributed by atoms with Crippen LogP contribution >= 0.6 is 0 Å². The maximum atomic E-state index is 12.6. The number of anilines is 2. The van der Waals surface area contributed by atoms with Crippen LogP contribution in [0.15, 0.2) is 91.0 Å². The van der Waals surface area contributed by atoms with E-state index in [9.17, 15) is 9.59 Å². The Balaban J connectivity index is 1.40. The molecule has 0 aliphatic rings. The van der Waals surface area contributed by atoms with Gasteiger partial charge in [0.05, 0.1) is 25.6 Å². The number of nitrogens with one attached hydrogen (secondary N) is 2. The van der Waals surface area contributed by atoms with Gasteiger partial charge in [0, 0.05) is 17.7 Å². The summed E-state index contributed by atoms with van der Waals surface area (Å²) in [6.45, 7) is 1.86. The molecule has 4 aromatic carbocycles. The second-order valence-corrected chi connectivity index (χ2v) is 8.30. The number of aryl methyl sites for hydroxylation is 1. The van der Waals surface area contributed by atoms with E-state index in [1.807, 2.05) is 30.3 Å². The lowest BCUT2D eigenvalue weighted by Gasteiger charge is -2.16. The third-order valence-corrected chi connectivity index (χ3v) is 5.69. The van der Waals surface area contributed by atoms with E-state index >= 15 is 0 Å². The number of carbonyl (C=O) groups is 2. The van der Waals surface area contributed by atoms with E-state index in [0.29, 0.717) is 34.2 Å². The number of amides is 2. The maximum Gasteiger partial charge on any atom is 0.262 e. The molecule has 7 nitrogen and oxygen atoms in total. The monoisotopic (exact) mass is 496 g/mol. The second kappa shape index (κ2) is 11.8. The Morgan fingerprint density at radius 3 is 1.81 bits per heavy atom. The molecular weight excluding hydrogens is 468 g/mol. The quantitative estimate of drug-likeness (QED) is 0.299. The highest BCUT2D eigenvalue weighted by molar-refractivity contribution is 6.05. The van der Waals surface area contributed by atoms with E-state index in [1.165, 1.54) is 19.8 Å². The predicted octanol–water partition coefficient (Wildman–Crippen LogP) is 5.95. The second-order valence-electron chi connectivity index (χ2n) is 8.30. The molecule has 0 fully saturated rings. The van der Waals surface area contributed by atoms with E-state index in [-0.39, 0.29) is 18.4 Å². The molecule has 0 bridgehead atoms. The topological polar surface area (TPSA) is 85.9 Å². The van der Waals surface area contributed by atoms with Crippen molar-refractivity contribution in [2.24, 2.45) is 0 Å². The molecule has 0 radical (unpaired) electrons. The van der Waals surface area contributed by atoms with Crippen molar-refractivity contribution in [1.29, 1.82) is 0 Å². The number of benzene rings is 4. The molecule has 0 saturated carbocycles. The van der Waals surface area contributed by atoms with Gasteiger partial charge in [-0.25, -0.2) is 0 Å². The van der Waals surface area contributed by atoms with E-state index < -0.39 is 0 Å². The van der Waals surface area contributed by atoms with Gasteiger partial charge in [-0.3, -0.25) is 9.59 Å². The molecule has 0 aromatic heterocycles. The fourth-order valence-corrected chi connectivity index (χ4v) is 3.70. The molecule has 0 atom stereocenters. The first-order chi connectivity index (χ1) is 18.0. The van der Waals surface area contributed by atoms with Crippen LogP contribution in [0.5, 0.6) is 17.2 Å². The molecule has 37 heavy (non-hydrogen) atoms. The number of carbonyl (C=O) groups excluding carboxylic acids is 2. The Bertz CT molecular complexity index is 1370. The summed E-state index contributed by atoms with van der Waals surface area (Å²) in [5.41, 5.74) is 4.68. The minimum atomic E-state index is -0.371. The Kier molecular flexibility index (Phi) is 8.05. The maximum absolute atomic E-state index is 12.6. The smallest absolute Gasteiger partial charge is 0.262 e. The number of ether oxygens (including phenoxy) is 3. The number of methoxy groups -OCH3 is 2. The van der Waals surface area contributed by atoms with E-state index in [2.05, 4.69) is 41.8 Å². The Morgan fingerprint density at radius 2 is 1.24 bits per heavy atom. The lowest BCUT2D eigenvalue weighted by Crippen LogP contribution is -2.21. The predicted molar refractivity (Wildman–Crippen MR) is 145 cm³/mol. The third kappa shape index (κ3) is 6.46. The zero-order chi connectivity index (χ0) is 26.2. The van der Waals surface area contributed by atoms with Gasteiger partial charge in [0.25, 0.3) is 11.8 Å². The van der Waals surface area contributed by atoms with Crippen molar-refractivity contribution in [3.05, 3.63) is 102 Å². The van der Waals surface area contributed by atoms with Gasteiger partial charge in [-0.15, -0.1) is 0 Å².